The number of methoxy groups -OCH3 is 1. The summed E-state index contributed by atoms with van der Waals surface area (Å²) in [5, 5.41) is 8.26. The quantitative estimate of drug-likeness (QED) is 0.774. The molecule has 0 bridgehead atoms. The second-order valence-electron chi connectivity index (χ2n) is 7.87. The first-order valence-corrected chi connectivity index (χ1v) is 9.00. The number of nitrogens with one attached hydrogen (secondary N) is 1. The van der Waals surface area contributed by atoms with E-state index in [2.05, 4.69) is 60.2 Å². The summed E-state index contributed by atoms with van der Waals surface area (Å²) in [6.07, 6.45) is 2.90. The molecule has 6 heteroatoms. The van der Waals surface area contributed by atoms with E-state index in [0.717, 1.165) is 12.1 Å². The maximum Gasteiger partial charge on any atom is 0.253 e. The van der Waals surface area contributed by atoms with Crippen molar-refractivity contribution >= 4 is 11.5 Å². The molecule has 0 aliphatic carbocycles. The zero-order valence-electron chi connectivity index (χ0n) is 16.0. The number of anilines is 1. The molecule has 1 atom stereocenters. The minimum atomic E-state index is 0.116. The predicted molar refractivity (Wildman–Crippen MR) is 102 cm³/mol. The molecule has 1 aliphatic rings. The lowest BCUT2D eigenvalue weighted by Crippen LogP contribution is -2.36. The molecule has 1 N–H and O–H groups in total. The molecule has 3 heterocycles. The Labute approximate surface area is 153 Å². The van der Waals surface area contributed by atoms with Crippen LogP contribution in [0.2, 0.25) is 0 Å². The summed E-state index contributed by atoms with van der Waals surface area (Å²) in [7, 11) is 1.64. The summed E-state index contributed by atoms with van der Waals surface area (Å²) < 4.78 is 6.97. The molecule has 4 rings (SSSR count). The fraction of sp³-hybridized carbons (Fsp3) is 0.450. The number of fused-ring (bicyclic) bond motifs is 2. The third-order valence-corrected chi connectivity index (χ3v) is 5.05. The van der Waals surface area contributed by atoms with Gasteiger partial charge in [0.05, 0.1) is 5.69 Å². The van der Waals surface area contributed by atoms with Crippen molar-refractivity contribution in [3.63, 3.8) is 0 Å². The fourth-order valence-corrected chi connectivity index (χ4v) is 4.04. The first kappa shape index (κ1) is 17.0. The van der Waals surface area contributed by atoms with E-state index in [1.54, 1.807) is 13.3 Å². The lowest BCUT2D eigenvalue weighted by molar-refractivity contribution is 0.178. The van der Waals surface area contributed by atoms with Crippen LogP contribution in [0.15, 0.2) is 24.4 Å². The Morgan fingerprint density at radius 3 is 2.92 bits per heavy atom. The molecule has 0 saturated carbocycles. The van der Waals surface area contributed by atoms with E-state index >= 15 is 0 Å². The Kier molecular flexibility index (Phi) is 3.95. The van der Waals surface area contributed by atoms with Crippen molar-refractivity contribution in [2.45, 2.75) is 52.2 Å². The first-order chi connectivity index (χ1) is 12.4. The number of hydrogen-bond donors (Lipinski definition) is 1. The van der Waals surface area contributed by atoms with E-state index in [-0.39, 0.29) is 5.54 Å². The third kappa shape index (κ3) is 2.84. The summed E-state index contributed by atoms with van der Waals surface area (Å²) in [5.74, 6) is 1.73. The molecule has 0 amide bonds. The standard InChI is InChI=1S/C20H25N5O/c1-12-8-16-14(13(2)10-20(3,4)23-16)9-15(12)17-6-7-21-19-22-18(11-26-5)24-25(17)19/h6-9,13,23H,10-11H2,1-5H3. The summed E-state index contributed by atoms with van der Waals surface area (Å²) >= 11 is 0. The molecule has 3 aromatic rings. The van der Waals surface area contributed by atoms with E-state index in [1.807, 2.05) is 10.6 Å². The molecule has 1 aliphatic heterocycles. The highest BCUT2D eigenvalue weighted by atomic mass is 16.5. The zero-order valence-corrected chi connectivity index (χ0v) is 16.0. The minimum Gasteiger partial charge on any atom is -0.380 e. The van der Waals surface area contributed by atoms with Gasteiger partial charge in [-0.25, -0.2) is 4.98 Å². The monoisotopic (exact) mass is 351 g/mol. The highest BCUT2D eigenvalue weighted by Gasteiger charge is 2.30. The van der Waals surface area contributed by atoms with Gasteiger partial charge in [0.1, 0.15) is 6.61 Å². The Hall–Kier alpha value is -2.47. The highest BCUT2D eigenvalue weighted by molar-refractivity contribution is 5.72. The van der Waals surface area contributed by atoms with Crippen LogP contribution in [-0.2, 0) is 11.3 Å². The Balaban J connectivity index is 1.87. The van der Waals surface area contributed by atoms with Gasteiger partial charge in [-0.1, -0.05) is 6.92 Å². The number of hydrogen-bond acceptors (Lipinski definition) is 5. The second kappa shape index (κ2) is 6.06. The molecule has 1 aromatic carbocycles. The molecule has 136 valence electrons. The maximum absolute atomic E-state index is 5.16. The van der Waals surface area contributed by atoms with Crippen LogP contribution in [0.25, 0.3) is 17.0 Å². The SMILES string of the molecule is COCc1nc2nccc(-c3cc4c(cc3C)NC(C)(C)CC4C)n2n1. The van der Waals surface area contributed by atoms with Gasteiger partial charge in [0, 0.05) is 30.1 Å². The van der Waals surface area contributed by atoms with Crippen LogP contribution < -0.4 is 5.32 Å². The van der Waals surface area contributed by atoms with E-state index in [1.165, 1.54) is 22.4 Å². The zero-order chi connectivity index (χ0) is 18.5. The van der Waals surface area contributed by atoms with Gasteiger partial charge in [0.2, 0.25) is 0 Å². The first-order valence-electron chi connectivity index (χ1n) is 9.00. The number of nitrogens with zero attached hydrogens (tertiary/aromatic N) is 4. The molecule has 0 spiro atoms. The Morgan fingerprint density at radius 2 is 2.15 bits per heavy atom. The van der Waals surface area contributed by atoms with E-state index in [4.69, 9.17) is 4.74 Å². The van der Waals surface area contributed by atoms with E-state index in [9.17, 15) is 0 Å². The average Bonchev–Trinajstić information content (AvgIpc) is 2.96. The molecule has 0 saturated heterocycles. The van der Waals surface area contributed by atoms with Gasteiger partial charge in [0.25, 0.3) is 5.78 Å². The number of ether oxygens (including phenoxy) is 1. The molecule has 6 nitrogen and oxygen atoms in total. The second-order valence-corrected chi connectivity index (χ2v) is 7.87. The maximum atomic E-state index is 5.16. The molecule has 0 radical (unpaired) electrons. The van der Waals surface area contributed by atoms with Crippen LogP contribution in [-0.4, -0.2) is 32.2 Å². The summed E-state index contributed by atoms with van der Waals surface area (Å²) in [4.78, 5) is 8.79. The third-order valence-electron chi connectivity index (χ3n) is 5.05. The van der Waals surface area contributed by atoms with Crippen LogP contribution in [0.4, 0.5) is 5.69 Å². The topological polar surface area (TPSA) is 64.3 Å². The van der Waals surface area contributed by atoms with Gasteiger partial charge in [-0.3, -0.25) is 0 Å². The fourth-order valence-electron chi connectivity index (χ4n) is 4.04. The largest absolute Gasteiger partial charge is 0.380 e. The lowest BCUT2D eigenvalue weighted by Gasteiger charge is -2.38. The number of aryl methyl sites for hydroxylation is 1. The molecule has 2 aromatic heterocycles. The van der Waals surface area contributed by atoms with Gasteiger partial charge < -0.3 is 10.1 Å². The van der Waals surface area contributed by atoms with Crippen molar-refractivity contribution in [1.29, 1.82) is 0 Å². The van der Waals surface area contributed by atoms with Crippen molar-refractivity contribution in [3.8, 4) is 11.3 Å². The van der Waals surface area contributed by atoms with Crippen LogP contribution in [0.3, 0.4) is 0 Å². The molecular weight excluding hydrogens is 326 g/mol. The van der Waals surface area contributed by atoms with Crippen molar-refractivity contribution in [3.05, 3.63) is 41.3 Å². The molecule has 26 heavy (non-hydrogen) atoms. The van der Waals surface area contributed by atoms with Gasteiger partial charge in [-0.2, -0.15) is 9.50 Å². The van der Waals surface area contributed by atoms with Crippen molar-refractivity contribution in [2.75, 3.05) is 12.4 Å². The number of rotatable bonds is 3. The average molecular weight is 351 g/mol. The van der Waals surface area contributed by atoms with E-state index < -0.39 is 0 Å². The highest BCUT2D eigenvalue weighted by Crippen LogP contribution is 2.41. The number of aromatic nitrogens is 4. The summed E-state index contributed by atoms with van der Waals surface area (Å²) in [6.45, 7) is 9.34. The minimum absolute atomic E-state index is 0.116. The van der Waals surface area contributed by atoms with Gasteiger partial charge in [0.15, 0.2) is 5.82 Å². The Bertz CT molecular complexity index is 976. The number of benzene rings is 1. The predicted octanol–water partition coefficient (Wildman–Crippen LogP) is 3.94. The van der Waals surface area contributed by atoms with E-state index in [0.29, 0.717) is 24.1 Å². The lowest BCUT2D eigenvalue weighted by atomic mass is 9.80. The van der Waals surface area contributed by atoms with Gasteiger partial charge >= 0.3 is 0 Å². The summed E-state index contributed by atoms with van der Waals surface area (Å²) in [6, 6.07) is 6.54. The Morgan fingerprint density at radius 1 is 1.35 bits per heavy atom. The molecule has 0 fully saturated rings. The van der Waals surface area contributed by atoms with Crippen LogP contribution in [0, 0.1) is 6.92 Å². The molecular formula is C20H25N5O. The van der Waals surface area contributed by atoms with Crippen LogP contribution in [0.1, 0.15) is 50.1 Å². The smallest absolute Gasteiger partial charge is 0.253 e. The normalized spacial score (nSPS) is 18.6. The van der Waals surface area contributed by atoms with Crippen molar-refractivity contribution in [2.24, 2.45) is 0 Å². The summed E-state index contributed by atoms with van der Waals surface area (Å²) in [5.41, 5.74) is 6.08. The van der Waals surface area contributed by atoms with Crippen molar-refractivity contribution < 1.29 is 4.74 Å². The van der Waals surface area contributed by atoms with Gasteiger partial charge in [-0.05, 0) is 62.4 Å². The van der Waals surface area contributed by atoms with Crippen LogP contribution >= 0.6 is 0 Å². The molecule has 1 unspecified atom stereocenters. The van der Waals surface area contributed by atoms with Crippen LogP contribution in [0.5, 0.6) is 0 Å². The van der Waals surface area contributed by atoms with Crippen molar-refractivity contribution in [1.82, 2.24) is 19.6 Å². The van der Waals surface area contributed by atoms with Gasteiger partial charge in [-0.15, -0.1) is 5.10 Å².